The molecule has 0 fully saturated rings. The van der Waals surface area contributed by atoms with Crippen molar-refractivity contribution < 1.29 is 33.3 Å². The fourth-order valence-electron chi connectivity index (χ4n) is 0.795. The minimum atomic E-state index is 0. The van der Waals surface area contributed by atoms with Crippen LogP contribution in [-0.2, 0) is 18.4 Å². The molecule has 0 spiro atoms. The molecule has 1 aromatic heterocycles. The third-order valence-electron chi connectivity index (χ3n) is 1.36. The predicted molar refractivity (Wildman–Crippen MR) is 38.3 cm³/mol. The number of rotatable bonds is 2. The summed E-state index contributed by atoms with van der Waals surface area (Å²) in [6, 6.07) is 4.09. The van der Waals surface area contributed by atoms with Gasteiger partial charge in [0.05, 0.1) is 6.61 Å². The van der Waals surface area contributed by atoms with Crippen LogP contribution in [0.3, 0.4) is 0 Å². The van der Waals surface area contributed by atoms with E-state index in [0.717, 1.165) is 0 Å². The highest BCUT2D eigenvalue weighted by molar-refractivity contribution is 5.05. The van der Waals surface area contributed by atoms with Crippen molar-refractivity contribution in [1.82, 2.24) is 0 Å². The van der Waals surface area contributed by atoms with E-state index in [1.165, 1.54) is 5.56 Å². The molecule has 0 N–H and O–H groups in total. The van der Waals surface area contributed by atoms with Crippen LogP contribution >= 0.6 is 0 Å². The minimum absolute atomic E-state index is 0. The van der Waals surface area contributed by atoms with E-state index in [1.54, 1.807) is 7.11 Å². The molecule has 1 heterocycles. The first-order valence-electron chi connectivity index (χ1n) is 3.26. The van der Waals surface area contributed by atoms with Crippen molar-refractivity contribution in [2.24, 2.45) is 7.05 Å². The molecule has 0 amide bonds. The fraction of sp³-hybridized carbons (Fsp3) is 0.375. The Morgan fingerprint density at radius 2 is 1.91 bits per heavy atom. The number of aromatic nitrogens is 1. The van der Waals surface area contributed by atoms with Crippen LogP contribution in [0.25, 0.3) is 0 Å². The Morgan fingerprint density at radius 3 is 2.36 bits per heavy atom. The lowest BCUT2D eigenvalue weighted by Crippen LogP contribution is -3.00. The number of ether oxygens (including phenoxy) is 1. The van der Waals surface area contributed by atoms with Crippen molar-refractivity contribution in [3.63, 3.8) is 0 Å². The van der Waals surface area contributed by atoms with Gasteiger partial charge in [-0.15, -0.1) is 0 Å². The van der Waals surface area contributed by atoms with Gasteiger partial charge in [-0.05, 0) is 5.56 Å². The van der Waals surface area contributed by atoms with Gasteiger partial charge in [0, 0.05) is 19.2 Å². The average Bonchev–Trinajstić information content (AvgIpc) is 1.95. The third-order valence-corrected chi connectivity index (χ3v) is 1.36. The van der Waals surface area contributed by atoms with E-state index in [9.17, 15) is 0 Å². The summed E-state index contributed by atoms with van der Waals surface area (Å²) in [5.74, 6) is 0. The van der Waals surface area contributed by atoms with Gasteiger partial charge in [-0.2, -0.15) is 0 Å². The Morgan fingerprint density at radius 1 is 1.36 bits per heavy atom. The van der Waals surface area contributed by atoms with Crippen LogP contribution in [0.1, 0.15) is 5.56 Å². The number of pyridine rings is 1. The zero-order valence-electron chi connectivity index (χ0n) is 6.75. The summed E-state index contributed by atoms with van der Waals surface area (Å²) in [6.45, 7) is 0.695. The average molecular weight is 265 g/mol. The molecule has 1 aromatic rings. The summed E-state index contributed by atoms with van der Waals surface area (Å²) in [6.07, 6.45) is 4.02. The molecule has 0 aromatic carbocycles. The van der Waals surface area contributed by atoms with E-state index in [2.05, 4.69) is 0 Å². The number of hydrogen-bond donors (Lipinski definition) is 0. The topological polar surface area (TPSA) is 13.1 Å². The van der Waals surface area contributed by atoms with E-state index in [0.29, 0.717) is 6.61 Å². The van der Waals surface area contributed by atoms with Crippen LogP contribution in [0.5, 0.6) is 0 Å². The van der Waals surface area contributed by atoms with E-state index in [1.807, 2.05) is 36.1 Å². The summed E-state index contributed by atoms with van der Waals surface area (Å²) in [5, 5.41) is 0. The maximum Gasteiger partial charge on any atom is 0.168 e. The number of methoxy groups -OCH3 is 1. The standard InChI is InChI=1S/C8H12NO.HI/c1-9-5-3-8(4-6-9)7-10-2;/h3-6H,7H2,1-2H3;1H/q+1;/p-1. The third kappa shape index (κ3) is 3.67. The first-order chi connectivity index (χ1) is 4.83. The van der Waals surface area contributed by atoms with Gasteiger partial charge in [-0.1, -0.05) is 0 Å². The van der Waals surface area contributed by atoms with Crippen LogP contribution in [0, 0.1) is 0 Å². The molecule has 0 aliphatic carbocycles. The number of aryl methyl sites for hydroxylation is 1. The Hall–Kier alpha value is -0.160. The highest BCUT2D eigenvalue weighted by atomic mass is 127. The Labute approximate surface area is 84.2 Å². The summed E-state index contributed by atoms with van der Waals surface area (Å²) in [7, 11) is 3.70. The van der Waals surface area contributed by atoms with E-state index in [-0.39, 0.29) is 24.0 Å². The molecule has 62 valence electrons. The highest BCUT2D eigenvalue weighted by Crippen LogP contribution is 1.95. The van der Waals surface area contributed by atoms with Gasteiger partial charge >= 0.3 is 0 Å². The predicted octanol–water partition coefficient (Wildman–Crippen LogP) is -2.34. The molecule has 0 saturated heterocycles. The van der Waals surface area contributed by atoms with Gasteiger partial charge in [0.15, 0.2) is 12.4 Å². The summed E-state index contributed by atoms with van der Waals surface area (Å²) >= 11 is 0. The number of hydrogen-bond acceptors (Lipinski definition) is 1. The second-order valence-corrected chi connectivity index (χ2v) is 2.30. The zero-order valence-corrected chi connectivity index (χ0v) is 8.91. The Balaban J connectivity index is 0.000001000. The largest absolute Gasteiger partial charge is 1.00 e. The fourth-order valence-corrected chi connectivity index (χ4v) is 0.795. The van der Waals surface area contributed by atoms with Gasteiger partial charge < -0.3 is 28.7 Å². The molecule has 0 aliphatic heterocycles. The molecule has 0 radical (unpaired) electrons. The van der Waals surface area contributed by atoms with E-state index < -0.39 is 0 Å². The summed E-state index contributed by atoms with van der Waals surface area (Å²) < 4.78 is 6.96. The minimum Gasteiger partial charge on any atom is -1.00 e. The molecule has 0 atom stereocenters. The van der Waals surface area contributed by atoms with Crippen molar-refractivity contribution in [3.8, 4) is 0 Å². The quantitative estimate of drug-likeness (QED) is 0.431. The van der Waals surface area contributed by atoms with Crippen molar-refractivity contribution in [2.45, 2.75) is 6.61 Å². The SMILES string of the molecule is COCc1cc[n+](C)cc1.[I-]. The lowest BCUT2D eigenvalue weighted by atomic mass is 10.3. The normalized spacial score (nSPS) is 8.91. The second kappa shape index (κ2) is 5.49. The maximum absolute atomic E-state index is 4.96. The lowest BCUT2D eigenvalue weighted by molar-refractivity contribution is -0.671. The van der Waals surface area contributed by atoms with Gasteiger partial charge in [0.1, 0.15) is 7.05 Å². The Kier molecular flexibility index (Phi) is 5.41. The molecular weight excluding hydrogens is 253 g/mol. The number of nitrogens with zero attached hydrogens (tertiary/aromatic N) is 1. The van der Waals surface area contributed by atoms with E-state index >= 15 is 0 Å². The van der Waals surface area contributed by atoms with Crippen molar-refractivity contribution in [1.29, 1.82) is 0 Å². The molecule has 11 heavy (non-hydrogen) atoms. The van der Waals surface area contributed by atoms with Crippen LogP contribution in [0.4, 0.5) is 0 Å². The highest BCUT2D eigenvalue weighted by Gasteiger charge is 1.92. The molecular formula is C8H12INO. The van der Waals surface area contributed by atoms with Crippen molar-refractivity contribution in [2.75, 3.05) is 7.11 Å². The molecule has 0 bridgehead atoms. The number of halogens is 1. The summed E-state index contributed by atoms with van der Waals surface area (Å²) in [5.41, 5.74) is 1.21. The molecule has 1 rings (SSSR count). The van der Waals surface area contributed by atoms with Crippen molar-refractivity contribution in [3.05, 3.63) is 30.1 Å². The molecule has 3 heteroatoms. The van der Waals surface area contributed by atoms with Gasteiger partial charge in [-0.3, -0.25) is 0 Å². The van der Waals surface area contributed by atoms with Crippen LogP contribution in [0.15, 0.2) is 24.5 Å². The van der Waals surface area contributed by atoms with Gasteiger partial charge in [0.25, 0.3) is 0 Å². The maximum atomic E-state index is 4.96. The summed E-state index contributed by atoms with van der Waals surface area (Å²) in [4.78, 5) is 0. The Bertz CT molecular complexity index is 198. The van der Waals surface area contributed by atoms with Crippen LogP contribution in [0.2, 0.25) is 0 Å². The molecule has 0 unspecified atom stereocenters. The molecule has 0 saturated carbocycles. The lowest BCUT2D eigenvalue weighted by Gasteiger charge is -1.95. The molecule has 0 aliphatic rings. The second-order valence-electron chi connectivity index (χ2n) is 2.30. The zero-order chi connectivity index (χ0) is 7.40. The first-order valence-corrected chi connectivity index (χ1v) is 3.26. The molecule has 2 nitrogen and oxygen atoms in total. The van der Waals surface area contributed by atoms with Gasteiger partial charge in [0.2, 0.25) is 0 Å². The van der Waals surface area contributed by atoms with Crippen molar-refractivity contribution >= 4 is 0 Å². The monoisotopic (exact) mass is 265 g/mol. The van der Waals surface area contributed by atoms with Crippen LogP contribution < -0.4 is 28.5 Å². The van der Waals surface area contributed by atoms with E-state index in [4.69, 9.17) is 4.74 Å². The van der Waals surface area contributed by atoms with Gasteiger partial charge in [-0.25, -0.2) is 4.57 Å². The van der Waals surface area contributed by atoms with Crippen LogP contribution in [-0.4, -0.2) is 7.11 Å². The first kappa shape index (κ1) is 10.8. The smallest absolute Gasteiger partial charge is 0.168 e.